The third kappa shape index (κ3) is 3.28. The summed E-state index contributed by atoms with van der Waals surface area (Å²) in [5.41, 5.74) is 7.87. The number of esters is 1. The number of nitrogens with two attached hydrogens (primary N) is 1. The van der Waals surface area contributed by atoms with E-state index in [4.69, 9.17) is 10.5 Å². The highest BCUT2D eigenvalue weighted by atomic mass is 16.5. The van der Waals surface area contributed by atoms with Crippen LogP contribution < -0.4 is 5.73 Å². The maximum Gasteiger partial charge on any atom is 0.338 e. The molecule has 1 aromatic rings. The molecule has 0 heterocycles. The average molecular weight is 261 g/mol. The summed E-state index contributed by atoms with van der Waals surface area (Å²) >= 11 is 0. The lowest BCUT2D eigenvalue weighted by atomic mass is 9.85. The number of nitrogen functional groups attached to an aromatic ring is 1. The van der Waals surface area contributed by atoms with Crippen LogP contribution >= 0.6 is 0 Å². The molecule has 1 aromatic carbocycles. The molecule has 0 radical (unpaired) electrons. The third-order valence-electron chi connectivity index (χ3n) is 4.10. The number of carbonyl (C=O) groups is 1. The van der Waals surface area contributed by atoms with Crippen molar-refractivity contribution in [2.75, 3.05) is 5.73 Å². The quantitative estimate of drug-likeness (QED) is 0.666. The van der Waals surface area contributed by atoms with Gasteiger partial charge in [0.2, 0.25) is 0 Å². The van der Waals surface area contributed by atoms with Crippen LogP contribution in [-0.2, 0) is 4.74 Å². The second-order valence-electron chi connectivity index (χ2n) is 5.47. The SMILES string of the molecule is CCC1CCCCC1OC(=O)c1cc(N)ccc1C. The molecule has 2 unspecified atom stereocenters. The molecule has 1 fully saturated rings. The van der Waals surface area contributed by atoms with Crippen LogP contribution in [-0.4, -0.2) is 12.1 Å². The molecule has 0 saturated heterocycles. The molecule has 3 heteroatoms. The molecule has 0 bridgehead atoms. The molecular formula is C16H23NO2. The minimum atomic E-state index is -0.227. The molecule has 0 aromatic heterocycles. The highest BCUT2D eigenvalue weighted by Crippen LogP contribution is 2.30. The molecule has 0 spiro atoms. The largest absolute Gasteiger partial charge is 0.458 e. The van der Waals surface area contributed by atoms with Crippen LogP contribution in [0.5, 0.6) is 0 Å². The Morgan fingerprint density at radius 3 is 2.84 bits per heavy atom. The molecule has 0 aliphatic heterocycles. The molecule has 2 rings (SSSR count). The number of aryl methyl sites for hydroxylation is 1. The van der Waals surface area contributed by atoms with Crippen LogP contribution in [0.4, 0.5) is 5.69 Å². The Kier molecular flexibility index (Phi) is 4.46. The van der Waals surface area contributed by atoms with E-state index in [1.807, 2.05) is 19.1 Å². The van der Waals surface area contributed by atoms with Gasteiger partial charge in [-0.2, -0.15) is 0 Å². The van der Waals surface area contributed by atoms with Crippen molar-refractivity contribution in [3.63, 3.8) is 0 Å². The number of benzene rings is 1. The van der Waals surface area contributed by atoms with Crippen LogP contribution in [0.15, 0.2) is 18.2 Å². The molecular weight excluding hydrogens is 238 g/mol. The second kappa shape index (κ2) is 6.09. The van der Waals surface area contributed by atoms with E-state index in [-0.39, 0.29) is 12.1 Å². The van der Waals surface area contributed by atoms with Gasteiger partial charge in [-0.1, -0.05) is 19.4 Å². The van der Waals surface area contributed by atoms with Gasteiger partial charge in [0.05, 0.1) is 5.56 Å². The van der Waals surface area contributed by atoms with Gasteiger partial charge in [0.25, 0.3) is 0 Å². The Morgan fingerprint density at radius 2 is 2.11 bits per heavy atom. The van der Waals surface area contributed by atoms with E-state index >= 15 is 0 Å². The fourth-order valence-corrected chi connectivity index (χ4v) is 2.86. The van der Waals surface area contributed by atoms with Crippen molar-refractivity contribution in [1.29, 1.82) is 0 Å². The molecule has 3 nitrogen and oxygen atoms in total. The Morgan fingerprint density at radius 1 is 1.37 bits per heavy atom. The number of anilines is 1. The first-order valence-corrected chi connectivity index (χ1v) is 7.19. The fourth-order valence-electron chi connectivity index (χ4n) is 2.86. The minimum absolute atomic E-state index is 0.0760. The summed E-state index contributed by atoms with van der Waals surface area (Å²) in [6.45, 7) is 4.08. The van der Waals surface area contributed by atoms with E-state index in [0.717, 1.165) is 24.8 Å². The molecule has 19 heavy (non-hydrogen) atoms. The fraction of sp³-hybridized carbons (Fsp3) is 0.562. The number of rotatable bonds is 3. The molecule has 2 atom stereocenters. The van der Waals surface area contributed by atoms with E-state index in [0.29, 0.717) is 17.2 Å². The van der Waals surface area contributed by atoms with Gasteiger partial charge < -0.3 is 10.5 Å². The second-order valence-corrected chi connectivity index (χ2v) is 5.47. The topological polar surface area (TPSA) is 52.3 Å². The lowest BCUT2D eigenvalue weighted by molar-refractivity contribution is 0.000644. The zero-order chi connectivity index (χ0) is 13.8. The Bertz CT molecular complexity index is 456. The maximum atomic E-state index is 12.3. The number of hydrogen-bond donors (Lipinski definition) is 1. The van der Waals surface area contributed by atoms with Gasteiger partial charge in [-0.25, -0.2) is 4.79 Å². The van der Waals surface area contributed by atoms with Gasteiger partial charge in [0, 0.05) is 5.69 Å². The lowest BCUT2D eigenvalue weighted by Gasteiger charge is -2.30. The number of carbonyl (C=O) groups excluding carboxylic acids is 1. The van der Waals surface area contributed by atoms with Crippen LogP contribution in [0.2, 0.25) is 0 Å². The van der Waals surface area contributed by atoms with Crippen molar-refractivity contribution in [2.45, 2.75) is 52.1 Å². The summed E-state index contributed by atoms with van der Waals surface area (Å²) in [6, 6.07) is 5.38. The lowest BCUT2D eigenvalue weighted by Crippen LogP contribution is -2.30. The first kappa shape index (κ1) is 13.9. The zero-order valence-corrected chi connectivity index (χ0v) is 11.8. The summed E-state index contributed by atoms with van der Waals surface area (Å²) < 4.78 is 5.72. The normalized spacial score (nSPS) is 23.1. The summed E-state index contributed by atoms with van der Waals surface area (Å²) in [7, 11) is 0. The Hall–Kier alpha value is -1.51. The first-order valence-electron chi connectivity index (χ1n) is 7.19. The van der Waals surface area contributed by atoms with Crippen molar-refractivity contribution in [2.24, 2.45) is 5.92 Å². The van der Waals surface area contributed by atoms with Gasteiger partial charge in [-0.05, 0) is 56.2 Å². The van der Waals surface area contributed by atoms with Crippen molar-refractivity contribution in [3.8, 4) is 0 Å². The molecule has 1 aliphatic carbocycles. The summed E-state index contributed by atoms with van der Waals surface area (Å²) in [5.74, 6) is 0.286. The smallest absolute Gasteiger partial charge is 0.338 e. The van der Waals surface area contributed by atoms with Crippen LogP contribution in [0.25, 0.3) is 0 Å². The Labute approximate surface area is 115 Å². The summed E-state index contributed by atoms with van der Waals surface area (Å²) in [4.78, 5) is 12.3. The van der Waals surface area contributed by atoms with Crippen LogP contribution in [0.1, 0.15) is 54.9 Å². The molecule has 2 N–H and O–H groups in total. The first-order chi connectivity index (χ1) is 9.11. The summed E-state index contributed by atoms with van der Waals surface area (Å²) in [5, 5.41) is 0. The van der Waals surface area contributed by atoms with Crippen molar-refractivity contribution < 1.29 is 9.53 Å². The van der Waals surface area contributed by atoms with Crippen LogP contribution in [0, 0.1) is 12.8 Å². The van der Waals surface area contributed by atoms with Crippen molar-refractivity contribution in [3.05, 3.63) is 29.3 Å². The van der Waals surface area contributed by atoms with E-state index in [1.54, 1.807) is 6.07 Å². The number of hydrogen-bond acceptors (Lipinski definition) is 3. The number of ether oxygens (including phenoxy) is 1. The van der Waals surface area contributed by atoms with E-state index in [2.05, 4.69) is 6.92 Å². The monoisotopic (exact) mass is 261 g/mol. The summed E-state index contributed by atoms with van der Waals surface area (Å²) in [6.07, 6.45) is 5.73. The zero-order valence-electron chi connectivity index (χ0n) is 11.8. The van der Waals surface area contributed by atoms with Gasteiger partial charge in [-0.3, -0.25) is 0 Å². The van der Waals surface area contributed by atoms with Crippen LogP contribution in [0.3, 0.4) is 0 Å². The highest BCUT2D eigenvalue weighted by molar-refractivity contribution is 5.92. The molecule has 0 amide bonds. The molecule has 1 saturated carbocycles. The highest BCUT2D eigenvalue weighted by Gasteiger charge is 2.27. The van der Waals surface area contributed by atoms with Crippen molar-refractivity contribution in [1.82, 2.24) is 0 Å². The van der Waals surface area contributed by atoms with Gasteiger partial charge in [0.1, 0.15) is 6.10 Å². The standard InChI is InChI=1S/C16H23NO2/c1-3-12-6-4-5-7-15(12)19-16(18)14-10-13(17)9-8-11(14)2/h8-10,12,15H,3-7,17H2,1-2H3. The van der Waals surface area contributed by atoms with Crippen molar-refractivity contribution >= 4 is 11.7 Å². The third-order valence-corrected chi connectivity index (χ3v) is 4.10. The average Bonchev–Trinajstić information content (AvgIpc) is 2.42. The Balaban J connectivity index is 2.09. The van der Waals surface area contributed by atoms with Gasteiger partial charge >= 0.3 is 5.97 Å². The van der Waals surface area contributed by atoms with E-state index < -0.39 is 0 Å². The maximum absolute atomic E-state index is 12.3. The predicted octanol–water partition coefficient (Wildman–Crippen LogP) is 3.70. The van der Waals surface area contributed by atoms with Gasteiger partial charge in [-0.15, -0.1) is 0 Å². The minimum Gasteiger partial charge on any atom is -0.458 e. The predicted molar refractivity (Wildman–Crippen MR) is 77.0 cm³/mol. The van der Waals surface area contributed by atoms with E-state index in [1.165, 1.54) is 12.8 Å². The molecule has 104 valence electrons. The molecule has 1 aliphatic rings. The van der Waals surface area contributed by atoms with Gasteiger partial charge in [0.15, 0.2) is 0 Å². The van der Waals surface area contributed by atoms with E-state index in [9.17, 15) is 4.79 Å².